The molecule has 1 aromatic heterocycles. The molecule has 0 amide bonds. The standard InChI is InChI=1S/C23H27N3O/c1-15-12-20-17(13-21(15)27)18(14-24)22(26(20)16-8-7-9-16)19-10-5-6-11-25(19)23(2,3)4/h5-6,10,12-13,16,27H,7-9,11H2,1-4H3. The van der Waals surface area contributed by atoms with Crippen LogP contribution in [0, 0.1) is 18.3 Å². The third-order valence-electron chi connectivity index (χ3n) is 5.89. The zero-order chi connectivity index (χ0) is 19.3. The van der Waals surface area contributed by atoms with Gasteiger partial charge in [-0.2, -0.15) is 5.26 Å². The van der Waals surface area contributed by atoms with Crippen LogP contribution in [0.25, 0.3) is 16.6 Å². The van der Waals surface area contributed by atoms with Crippen molar-refractivity contribution in [3.05, 3.63) is 47.2 Å². The maximum atomic E-state index is 10.3. The van der Waals surface area contributed by atoms with Gasteiger partial charge in [0.25, 0.3) is 0 Å². The topological polar surface area (TPSA) is 52.2 Å². The summed E-state index contributed by atoms with van der Waals surface area (Å²) < 4.78 is 2.37. The molecule has 0 atom stereocenters. The van der Waals surface area contributed by atoms with Crippen LogP contribution in [0.1, 0.15) is 62.9 Å². The largest absolute Gasteiger partial charge is 0.508 e. The Morgan fingerprint density at radius 2 is 1.96 bits per heavy atom. The highest BCUT2D eigenvalue weighted by Gasteiger charge is 2.33. The second kappa shape index (κ2) is 6.20. The van der Waals surface area contributed by atoms with E-state index in [1.54, 1.807) is 6.07 Å². The Morgan fingerprint density at radius 3 is 2.56 bits per heavy atom. The summed E-state index contributed by atoms with van der Waals surface area (Å²) in [4.78, 5) is 2.37. The third kappa shape index (κ3) is 2.73. The Kier molecular flexibility index (Phi) is 4.07. The Morgan fingerprint density at radius 1 is 1.22 bits per heavy atom. The number of benzene rings is 1. The van der Waals surface area contributed by atoms with Crippen LogP contribution in [-0.4, -0.2) is 26.7 Å². The summed E-state index contributed by atoms with van der Waals surface area (Å²) in [6, 6.07) is 6.68. The van der Waals surface area contributed by atoms with E-state index in [0.717, 1.165) is 47.2 Å². The number of fused-ring (bicyclic) bond motifs is 1. The summed E-state index contributed by atoms with van der Waals surface area (Å²) in [5, 5.41) is 21.2. The number of rotatable bonds is 2. The van der Waals surface area contributed by atoms with Gasteiger partial charge in [0.1, 0.15) is 11.8 Å². The average molecular weight is 361 g/mol. The first-order chi connectivity index (χ1) is 12.8. The third-order valence-corrected chi connectivity index (χ3v) is 5.89. The van der Waals surface area contributed by atoms with Gasteiger partial charge in [0.05, 0.1) is 22.5 Å². The summed E-state index contributed by atoms with van der Waals surface area (Å²) >= 11 is 0. The zero-order valence-corrected chi connectivity index (χ0v) is 16.6. The molecule has 1 saturated carbocycles. The van der Waals surface area contributed by atoms with E-state index in [4.69, 9.17) is 0 Å². The SMILES string of the molecule is Cc1cc2c(cc1O)c(C#N)c(C1=CC=CCN1C(C)(C)C)n2C1CCC1. The molecule has 4 nitrogen and oxygen atoms in total. The van der Waals surface area contributed by atoms with Gasteiger partial charge in [-0.05, 0) is 70.7 Å². The molecule has 1 fully saturated rings. The van der Waals surface area contributed by atoms with Crippen LogP contribution in [0.2, 0.25) is 0 Å². The van der Waals surface area contributed by atoms with E-state index in [0.29, 0.717) is 11.6 Å². The first-order valence-electron chi connectivity index (χ1n) is 9.75. The predicted molar refractivity (Wildman–Crippen MR) is 110 cm³/mol. The molecule has 0 spiro atoms. The highest BCUT2D eigenvalue weighted by molar-refractivity contribution is 5.94. The summed E-state index contributed by atoms with van der Waals surface area (Å²) in [7, 11) is 0. The van der Waals surface area contributed by atoms with Gasteiger partial charge >= 0.3 is 0 Å². The molecule has 4 heteroatoms. The van der Waals surface area contributed by atoms with E-state index in [1.165, 1.54) is 6.42 Å². The fourth-order valence-corrected chi connectivity index (χ4v) is 4.19. The summed E-state index contributed by atoms with van der Waals surface area (Å²) in [5.41, 5.74) is 4.63. The van der Waals surface area contributed by atoms with E-state index < -0.39 is 0 Å². The molecule has 2 aliphatic rings. The minimum Gasteiger partial charge on any atom is -0.508 e. The molecular formula is C23H27N3O. The highest BCUT2D eigenvalue weighted by atomic mass is 16.3. The maximum absolute atomic E-state index is 10.3. The van der Waals surface area contributed by atoms with Crippen LogP contribution in [0.3, 0.4) is 0 Å². The lowest BCUT2D eigenvalue weighted by molar-refractivity contribution is 0.236. The molecule has 2 aromatic rings. The summed E-state index contributed by atoms with van der Waals surface area (Å²) in [6.45, 7) is 9.37. The highest BCUT2D eigenvalue weighted by Crippen LogP contribution is 2.44. The van der Waals surface area contributed by atoms with Gasteiger partial charge in [0.2, 0.25) is 0 Å². The van der Waals surface area contributed by atoms with Crippen molar-refractivity contribution in [1.82, 2.24) is 9.47 Å². The van der Waals surface area contributed by atoms with Crippen LogP contribution in [0.5, 0.6) is 5.75 Å². The van der Waals surface area contributed by atoms with E-state index in [1.807, 2.05) is 13.0 Å². The van der Waals surface area contributed by atoms with Gasteiger partial charge in [0, 0.05) is 23.5 Å². The second-order valence-corrected chi connectivity index (χ2v) is 8.71. The molecular weight excluding hydrogens is 334 g/mol. The Bertz CT molecular complexity index is 1010. The molecule has 0 bridgehead atoms. The minimum absolute atomic E-state index is 0.0533. The monoisotopic (exact) mass is 361 g/mol. The lowest BCUT2D eigenvalue weighted by Crippen LogP contribution is -2.41. The lowest BCUT2D eigenvalue weighted by Gasteiger charge is -2.41. The molecule has 0 radical (unpaired) electrons. The van der Waals surface area contributed by atoms with E-state index in [2.05, 4.69) is 54.5 Å². The van der Waals surface area contributed by atoms with Crippen molar-refractivity contribution >= 4 is 16.6 Å². The molecule has 27 heavy (non-hydrogen) atoms. The van der Waals surface area contributed by atoms with Crippen LogP contribution >= 0.6 is 0 Å². The Labute approximate surface area is 161 Å². The number of hydrogen-bond acceptors (Lipinski definition) is 3. The molecule has 0 saturated heterocycles. The van der Waals surface area contributed by atoms with Crippen molar-refractivity contribution < 1.29 is 5.11 Å². The molecule has 1 N–H and O–H groups in total. The molecule has 2 heterocycles. The zero-order valence-electron chi connectivity index (χ0n) is 16.6. The second-order valence-electron chi connectivity index (χ2n) is 8.71. The normalized spacial score (nSPS) is 17.7. The maximum Gasteiger partial charge on any atom is 0.119 e. The molecule has 1 aliphatic heterocycles. The van der Waals surface area contributed by atoms with Crippen LogP contribution in [-0.2, 0) is 0 Å². The van der Waals surface area contributed by atoms with Gasteiger partial charge in [-0.3, -0.25) is 0 Å². The van der Waals surface area contributed by atoms with Crippen molar-refractivity contribution in [2.75, 3.05) is 6.54 Å². The molecule has 140 valence electrons. The van der Waals surface area contributed by atoms with Crippen LogP contribution in [0.15, 0.2) is 30.4 Å². The Balaban J connectivity index is 2.06. The number of aromatic nitrogens is 1. The van der Waals surface area contributed by atoms with Gasteiger partial charge in [-0.25, -0.2) is 0 Å². The smallest absolute Gasteiger partial charge is 0.119 e. The van der Waals surface area contributed by atoms with E-state index in [-0.39, 0.29) is 11.3 Å². The van der Waals surface area contributed by atoms with E-state index >= 15 is 0 Å². The average Bonchev–Trinajstić information content (AvgIpc) is 2.86. The van der Waals surface area contributed by atoms with Gasteiger partial charge in [-0.1, -0.05) is 12.2 Å². The van der Waals surface area contributed by atoms with Gasteiger partial charge in [0.15, 0.2) is 0 Å². The van der Waals surface area contributed by atoms with Gasteiger partial charge in [-0.15, -0.1) is 0 Å². The summed E-state index contributed by atoms with van der Waals surface area (Å²) in [5.74, 6) is 0.251. The molecule has 1 aliphatic carbocycles. The number of hydrogen-bond donors (Lipinski definition) is 1. The predicted octanol–water partition coefficient (Wildman–Crippen LogP) is 5.26. The number of aryl methyl sites for hydroxylation is 1. The van der Waals surface area contributed by atoms with Crippen molar-refractivity contribution in [3.63, 3.8) is 0 Å². The van der Waals surface area contributed by atoms with Crippen molar-refractivity contribution in [2.45, 2.75) is 58.5 Å². The number of nitrogens with zero attached hydrogens (tertiary/aromatic N) is 3. The fraction of sp³-hybridized carbons (Fsp3) is 0.435. The number of allylic oxidation sites excluding steroid dienone is 2. The molecule has 4 rings (SSSR count). The van der Waals surface area contributed by atoms with Crippen LogP contribution < -0.4 is 0 Å². The van der Waals surface area contributed by atoms with E-state index in [9.17, 15) is 10.4 Å². The summed E-state index contributed by atoms with van der Waals surface area (Å²) in [6.07, 6.45) is 9.88. The number of phenolic OH excluding ortho intramolecular Hbond substituents is 1. The lowest BCUT2D eigenvalue weighted by atomic mass is 9.92. The van der Waals surface area contributed by atoms with Crippen molar-refractivity contribution in [2.24, 2.45) is 0 Å². The van der Waals surface area contributed by atoms with Crippen molar-refractivity contribution in [3.8, 4) is 11.8 Å². The quantitative estimate of drug-likeness (QED) is 0.793. The van der Waals surface area contributed by atoms with Crippen molar-refractivity contribution in [1.29, 1.82) is 5.26 Å². The fourth-order valence-electron chi connectivity index (χ4n) is 4.19. The first-order valence-corrected chi connectivity index (χ1v) is 9.75. The van der Waals surface area contributed by atoms with Gasteiger partial charge < -0.3 is 14.6 Å². The number of nitriles is 1. The van der Waals surface area contributed by atoms with Crippen LogP contribution in [0.4, 0.5) is 0 Å². The molecule has 0 unspecified atom stereocenters. The number of phenols is 1. The minimum atomic E-state index is -0.0533. The Hall–Kier alpha value is -2.67. The first kappa shape index (κ1) is 17.7. The molecule has 1 aromatic carbocycles. The number of aromatic hydroxyl groups is 1.